The molecule has 1 fully saturated rings. The van der Waals surface area contributed by atoms with E-state index in [0.29, 0.717) is 13.0 Å². The molecule has 1 amide bonds. The molecule has 1 aromatic rings. The van der Waals surface area contributed by atoms with Crippen molar-refractivity contribution in [2.45, 2.75) is 64.1 Å². The highest BCUT2D eigenvalue weighted by atomic mass is 16.5. The predicted octanol–water partition coefficient (Wildman–Crippen LogP) is 2.95. The van der Waals surface area contributed by atoms with Crippen molar-refractivity contribution in [1.82, 2.24) is 10.8 Å². The Balaban J connectivity index is 1.91. The molecule has 0 unspecified atom stereocenters. The van der Waals surface area contributed by atoms with E-state index in [9.17, 15) is 9.59 Å². The van der Waals surface area contributed by atoms with Gasteiger partial charge in [0.2, 0.25) is 0 Å². The first-order chi connectivity index (χ1) is 12.5. The highest BCUT2D eigenvalue weighted by Gasteiger charge is 2.34. The number of rotatable bonds is 8. The lowest BCUT2D eigenvalue weighted by atomic mass is 9.98. The molecule has 2 rings (SSSR count). The van der Waals surface area contributed by atoms with Gasteiger partial charge in [0, 0.05) is 12.6 Å². The first-order valence-electron chi connectivity index (χ1n) is 9.14. The van der Waals surface area contributed by atoms with E-state index in [4.69, 9.17) is 9.94 Å². The number of ether oxygens (including phenoxy) is 1. The Bertz CT molecular complexity index is 636. The molecule has 142 valence electrons. The molecule has 3 N–H and O–H groups in total. The van der Waals surface area contributed by atoms with E-state index in [2.05, 4.69) is 5.32 Å². The van der Waals surface area contributed by atoms with Crippen molar-refractivity contribution in [3.05, 3.63) is 41.5 Å². The maximum Gasteiger partial charge on any atom is 0.326 e. The third-order valence-corrected chi connectivity index (χ3v) is 4.93. The first kappa shape index (κ1) is 20.1. The lowest BCUT2D eigenvalue weighted by Gasteiger charge is -2.29. The molecule has 0 aromatic heterocycles. The van der Waals surface area contributed by atoms with Crippen molar-refractivity contribution in [2.24, 2.45) is 0 Å². The van der Waals surface area contributed by atoms with Crippen LogP contribution >= 0.6 is 0 Å². The largest absolute Gasteiger partial charge is 0.461 e. The summed E-state index contributed by atoms with van der Waals surface area (Å²) in [6.45, 7) is 4.41. The molecular formula is C20H28N2O4. The summed E-state index contributed by atoms with van der Waals surface area (Å²) in [5.41, 5.74) is 2.71. The van der Waals surface area contributed by atoms with Gasteiger partial charge in [0.25, 0.3) is 5.91 Å². The number of carbonyl (C=O) groups excluding carboxylic acids is 2. The van der Waals surface area contributed by atoms with E-state index in [-0.39, 0.29) is 12.1 Å². The van der Waals surface area contributed by atoms with Crippen LogP contribution in [0.1, 0.15) is 57.1 Å². The van der Waals surface area contributed by atoms with Crippen molar-refractivity contribution in [3.63, 3.8) is 0 Å². The van der Waals surface area contributed by atoms with Gasteiger partial charge < -0.3 is 4.74 Å². The topological polar surface area (TPSA) is 87.7 Å². The second-order valence-corrected chi connectivity index (χ2v) is 6.90. The zero-order valence-electron chi connectivity index (χ0n) is 15.5. The minimum atomic E-state index is -0.708. The molecule has 0 radical (unpaired) electrons. The van der Waals surface area contributed by atoms with Crippen molar-refractivity contribution in [1.29, 1.82) is 0 Å². The summed E-state index contributed by atoms with van der Waals surface area (Å²) in [6.07, 6.45) is 7.78. The second kappa shape index (κ2) is 9.50. The lowest BCUT2D eigenvalue weighted by molar-refractivity contribution is -0.156. The average Bonchev–Trinajstić information content (AvgIpc) is 3.17. The van der Waals surface area contributed by atoms with Gasteiger partial charge in [0.1, 0.15) is 11.6 Å². The van der Waals surface area contributed by atoms with Gasteiger partial charge >= 0.3 is 5.97 Å². The van der Waals surface area contributed by atoms with Gasteiger partial charge in [-0.2, -0.15) is 0 Å². The Kier molecular flexibility index (Phi) is 7.36. The number of hydrogen-bond acceptors (Lipinski definition) is 5. The molecule has 0 heterocycles. The van der Waals surface area contributed by atoms with Gasteiger partial charge in [0.05, 0.1) is 0 Å². The molecule has 0 spiro atoms. The number of nitrogens with one attached hydrogen (secondary N) is 2. The third-order valence-electron chi connectivity index (χ3n) is 4.93. The minimum absolute atomic E-state index is 0.0670. The summed E-state index contributed by atoms with van der Waals surface area (Å²) in [6, 6.07) is 7.61. The Morgan fingerprint density at radius 2 is 1.92 bits per heavy atom. The first-order valence-corrected chi connectivity index (χ1v) is 9.14. The molecule has 6 heteroatoms. The molecule has 1 atom stereocenters. The van der Waals surface area contributed by atoms with E-state index in [1.54, 1.807) is 11.6 Å². The highest BCUT2D eigenvalue weighted by Crippen LogP contribution is 2.24. The molecule has 26 heavy (non-hydrogen) atoms. The highest BCUT2D eigenvalue weighted by molar-refractivity contribution is 5.90. The number of benzene rings is 1. The minimum Gasteiger partial charge on any atom is -0.461 e. The quantitative estimate of drug-likeness (QED) is 0.287. The van der Waals surface area contributed by atoms with Crippen molar-refractivity contribution >= 4 is 18.0 Å². The molecular weight excluding hydrogens is 332 g/mol. The third kappa shape index (κ3) is 5.68. The summed E-state index contributed by atoms with van der Waals surface area (Å²) in [4.78, 5) is 23.5. The van der Waals surface area contributed by atoms with E-state index < -0.39 is 11.4 Å². The molecule has 1 aliphatic rings. The van der Waals surface area contributed by atoms with Crippen LogP contribution in [-0.4, -0.2) is 28.7 Å². The van der Waals surface area contributed by atoms with Crippen molar-refractivity contribution in [3.8, 4) is 0 Å². The molecule has 1 saturated carbocycles. The van der Waals surface area contributed by atoms with E-state index >= 15 is 0 Å². The molecule has 1 aromatic carbocycles. The van der Waals surface area contributed by atoms with E-state index in [1.807, 2.05) is 38.1 Å². The summed E-state index contributed by atoms with van der Waals surface area (Å²) >= 11 is 0. The van der Waals surface area contributed by atoms with Crippen LogP contribution in [0.4, 0.5) is 0 Å². The number of amides is 1. The fourth-order valence-corrected chi connectivity index (χ4v) is 2.88. The molecule has 0 bridgehead atoms. The van der Waals surface area contributed by atoms with E-state index in [1.165, 1.54) is 6.08 Å². The molecule has 0 saturated heterocycles. The summed E-state index contributed by atoms with van der Waals surface area (Å²) in [5, 5.41) is 11.8. The normalized spacial score (nSPS) is 17.2. The Morgan fingerprint density at radius 1 is 1.27 bits per heavy atom. The van der Waals surface area contributed by atoms with Gasteiger partial charge in [-0.25, -0.2) is 5.48 Å². The van der Waals surface area contributed by atoms with Gasteiger partial charge in [-0.15, -0.1) is 0 Å². The standard InChI is InChI=1S/C20H28N2O4/c1-3-20(2,19(24)26-17-6-4-5-7-17)21-14-16-10-8-15(9-11-16)12-13-18(23)22-25/h8-13,17,21,25H,3-7,14H2,1-2H3,(H,22,23)/b13-12+/t20-/m0/s1. The van der Waals surface area contributed by atoms with E-state index in [0.717, 1.165) is 36.8 Å². The average molecular weight is 360 g/mol. The summed E-state index contributed by atoms with van der Waals surface area (Å²) in [5.74, 6) is -0.753. The Morgan fingerprint density at radius 3 is 2.50 bits per heavy atom. The van der Waals surface area contributed by atoms with Crippen molar-refractivity contribution < 1.29 is 19.5 Å². The second-order valence-electron chi connectivity index (χ2n) is 6.90. The van der Waals surface area contributed by atoms with Gasteiger partial charge in [-0.3, -0.25) is 20.1 Å². The Labute approximate surface area is 154 Å². The lowest BCUT2D eigenvalue weighted by Crippen LogP contribution is -2.50. The predicted molar refractivity (Wildman–Crippen MR) is 99.3 cm³/mol. The molecule has 0 aliphatic heterocycles. The fourth-order valence-electron chi connectivity index (χ4n) is 2.88. The van der Waals surface area contributed by atoms with Crippen LogP contribution in [0.2, 0.25) is 0 Å². The SMILES string of the molecule is CC[C@](C)(NCc1ccc(/C=C/C(=O)NO)cc1)C(=O)OC1CCCC1. The number of hydrogen-bond donors (Lipinski definition) is 3. The van der Waals surface area contributed by atoms with Crippen LogP contribution < -0.4 is 10.8 Å². The number of hydroxylamine groups is 1. The maximum absolute atomic E-state index is 12.6. The van der Waals surface area contributed by atoms with Crippen LogP contribution in [0.25, 0.3) is 6.08 Å². The maximum atomic E-state index is 12.6. The van der Waals surface area contributed by atoms with Crippen molar-refractivity contribution in [2.75, 3.05) is 0 Å². The van der Waals surface area contributed by atoms with Crippen LogP contribution in [0, 0.1) is 0 Å². The monoisotopic (exact) mass is 360 g/mol. The smallest absolute Gasteiger partial charge is 0.326 e. The van der Waals surface area contributed by atoms with Gasteiger partial charge in [-0.1, -0.05) is 31.2 Å². The van der Waals surface area contributed by atoms with Crippen LogP contribution in [-0.2, 0) is 20.9 Å². The fraction of sp³-hybridized carbons (Fsp3) is 0.500. The zero-order valence-corrected chi connectivity index (χ0v) is 15.5. The summed E-state index contributed by atoms with van der Waals surface area (Å²) in [7, 11) is 0. The van der Waals surface area contributed by atoms with Crippen LogP contribution in [0.3, 0.4) is 0 Å². The van der Waals surface area contributed by atoms with Gasteiger partial charge in [0.15, 0.2) is 0 Å². The van der Waals surface area contributed by atoms with Crippen LogP contribution in [0.5, 0.6) is 0 Å². The Hall–Kier alpha value is -2.18. The number of esters is 1. The number of carbonyl (C=O) groups is 2. The van der Waals surface area contributed by atoms with Crippen LogP contribution in [0.15, 0.2) is 30.3 Å². The zero-order chi connectivity index (χ0) is 19.0. The molecule has 6 nitrogen and oxygen atoms in total. The summed E-state index contributed by atoms with van der Waals surface area (Å²) < 4.78 is 5.67. The van der Waals surface area contributed by atoms with Gasteiger partial charge in [-0.05, 0) is 56.2 Å². The molecule has 1 aliphatic carbocycles.